The maximum atomic E-state index is 12.6. The number of Topliss-reactive ketones (excluding diaryl/α,β-unsaturated/α-hetero) is 1. The van der Waals surface area contributed by atoms with E-state index in [-0.39, 0.29) is 11.8 Å². The monoisotopic (exact) mass is 259 g/mol. The fourth-order valence-electron chi connectivity index (χ4n) is 1.96. The largest absolute Gasteiger partial charge is 0.292 e. The Hall–Kier alpha value is -1.70. The minimum Gasteiger partial charge on any atom is -0.292 e. The first-order valence-corrected chi connectivity index (χ1v) is 6.70. The van der Waals surface area contributed by atoms with Crippen molar-refractivity contribution in [2.45, 2.75) is 19.9 Å². The summed E-state index contributed by atoms with van der Waals surface area (Å²) in [5.41, 5.74) is 0.746. The SMILES string of the molecule is CCN(CC)C(C=C=[N+](C)C)C(=O)c1ccccc1. The van der Waals surface area contributed by atoms with Crippen molar-refractivity contribution in [2.24, 2.45) is 0 Å². The van der Waals surface area contributed by atoms with Crippen molar-refractivity contribution in [1.29, 1.82) is 0 Å². The first-order chi connectivity index (χ1) is 9.10. The molecule has 1 unspecified atom stereocenters. The van der Waals surface area contributed by atoms with Gasteiger partial charge in [-0.15, -0.1) is 0 Å². The molecule has 0 bridgehead atoms. The molecule has 19 heavy (non-hydrogen) atoms. The second kappa shape index (κ2) is 7.67. The second-order valence-electron chi connectivity index (χ2n) is 4.59. The van der Waals surface area contributed by atoms with E-state index in [1.165, 1.54) is 0 Å². The van der Waals surface area contributed by atoms with Crippen LogP contribution >= 0.6 is 0 Å². The number of benzene rings is 1. The van der Waals surface area contributed by atoms with Gasteiger partial charge in [0, 0.05) is 11.6 Å². The lowest BCUT2D eigenvalue weighted by molar-refractivity contribution is -0.456. The summed E-state index contributed by atoms with van der Waals surface area (Å²) in [6.45, 7) is 5.81. The van der Waals surface area contributed by atoms with E-state index >= 15 is 0 Å². The summed E-state index contributed by atoms with van der Waals surface area (Å²) >= 11 is 0. The van der Waals surface area contributed by atoms with Crippen molar-refractivity contribution in [3.05, 3.63) is 42.0 Å². The summed E-state index contributed by atoms with van der Waals surface area (Å²) in [4.78, 5) is 14.7. The molecule has 0 spiro atoms. The Bertz CT molecular complexity index is 465. The van der Waals surface area contributed by atoms with Gasteiger partial charge in [-0.3, -0.25) is 9.69 Å². The molecule has 0 saturated carbocycles. The highest BCUT2D eigenvalue weighted by molar-refractivity contribution is 6.02. The third-order valence-electron chi connectivity index (χ3n) is 3.02. The highest BCUT2D eigenvalue weighted by atomic mass is 16.1. The van der Waals surface area contributed by atoms with Crippen molar-refractivity contribution >= 4 is 11.7 Å². The van der Waals surface area contributed by atoms with Crippen LogP contribution in [0.15, 0.2) is 36.4 Å². The van der Waals surface area contributed by atoms with Crippen LogP contribution in [0.1, 0.15) is 24.2 Å². The predicted molar refractivity (Wildman–Crippen MR) is 79.2 cm³/mol. The quantitative estimate of drug-likeness (QED) is 0.443. The molecule has 102 valence electrons. The number of rotatable bonds is 6. The zero-order valence-electron chi connectivity index (χ0n) is 12.3. The van der Waals surface area contributed by atoms with Crippen LogP contribution < -0.4 is 0 Å². The maximum absolute atomic E-state index is 12.6. The lowest BCUT2D eigenvalue weighted by Gasteiger charge is -2.24. The molecule has 3 nitrogen and oxygen atoms in total. The van der Waals surface area contributed by atoms with E-state index in [9.17, 15) is 4.79 Å². The zero-order chi connectivity index (χ0) is 14.3. The van der Waals surface area contributed by atoms with Crippen LogP contribution in [-0.2, 0) is 0 Å². The standard InChI is InChI=1S/C16H23N2O/c1-5-18(6-2)15(12-13-17(3)4)16(19)14-10-8-7-9-11-14/h7-12,15H,5-6H2,1-4H3/q+1. The summed E-state index contributed by atoms with van der Waals surface area (Å²) in [5.74, 6) is 3.21. The Morgan fingerprint density at radius 3 is 2.32 bits per heavy atom. The summed E-state index contributed by atoms with van der Waals surface area (Å²) in [5, 5.41) is 0. The minimum absolute atomic E-state index is 0.124. The Kier molecular flexibility index (Phi) is 6.20. The normalized spacial score (nSPS) is 11.8. The van der Waals surface area contributed by atoms with Gasteiger partial charge in [0.05, 0.1) is 0 Å². The number of hydrogen-bond donors (Lipinski definition) is 0. The molecular formula is C16H23N2O+. The van der Waals surface area contributed by atoms with Crippen molar-refractivity contribution in [3.63, 3.8) is 0 Å². The average Bonchev–Trinajstić information content (AvgIpc) is 2.43. The fourth-order valence-corrected chi connectivity index (χ4v) is 1.96. The zero-order valence-corrected chi connectivity index (χ0v) is 12.3. The first-order valence-electron chi connectivity index (χ1n) is 6.70. The van der Waals surface area contributed by atoms with E-state index in [2.05, 4.69) is 24.6 Å². The molecule has 0 amide bonds. The smallest absolute Gasteiger partial charge is 0.184 e. The number of hydrogen-bond acceptors (Lipinski definition) is 2. The van der Waals surface area contributed by atoms with Gasteiger partial charge in [-0.1, -0.05) is 44.2 Å². The molecule has 0 saturated heterocycles. The molecule has 0 N–H and O–H groups in total. The maximum Gasteiger partial charge on any atom is 0.184 e. The molecule has 0 fully saturated rings. The van der Waals surface area contributed by atoms with Gasteiger partial charge >= 0.3 is 0 Å². The van der Waals surface area contributed by atoms with Gasteiger partial charge in [0.1, 0.15) is 20.1 Å². The lowest BCUT2D eigenvalue weighted by Crippen LogP contribution is -2.40. The van der Waals surface area contributed by atoms with Gasteiger partial charge in [0.15, 0.2) is 11.7 Å². The van der Waals surface area contributed by atoms with Crippen LogP contribution in [0.4, 0.5) is 0 Å². The van der Waals surface area contributed by atoms with Gasteiger partial charge in [0.25, 0.3) is 0 Å². The molecule has 0 aliphatic carbocycles. The molecule has 0 aliphatic heterocycles. The Balaban J connectivity index is 3.10. The van der Waals surface area contributed by atoms with Gasteiger partial charge < -0.3 is 0 Å². The van der Waals surface area contributed by atoms with Crippen molar-refractivity contribution < 1.29 is 9.37 Å². The van der Waals surface area contributed by atoms with Crippen LogP contribution in [-0.4, -0.2) is 54.4 Å². The average molecular weight is 259 g/mol. The second-order valence-corrected chi connectivity index (χ2v) is 4.59. The topological polar surface area (TPSA) is 23.3 Å². The van der Waals surface area contributed by atoms with Crippen LogP contribution in [0.5, 0.6) is 0 Å². The van der Waals surface area contributed by atoms with E-state index in [4.69, 9.17) is 0 Å². The Labute approximate surface area is 115 Å². The number of carbonyl (C=O) groups is 1. The van der Waals surface area contributed by atoms with Crippen molar-refractivity contribution in [1.82, 2.24) is 4.90 Å². The van der Waals surface area contributed by atoms with Crippen molar-refractivity contribution in [2.75, 3.05) is 27.2 Å². The minimum atomic E-state index is -0.250. The Morgan fingerprint density at radius 2 is 1.84 bits per heavy atom. The summed E-state index contributed by atoms with van der Waals surface area (Å²) in [6, 6.07) is 9.19. The molecule has 0 aromatic heterocycles. The van der Waals surface area contributed by atoms with E-state index in [1.807, 2.05) is 55.1 Å². The molecule has 1 aromatic carbocycles. The van der Waals surface area contributed by atoms with Crippen LogP contribution in [0.2, 0.25) is 0 Å². The molecule has 0 radical (unpaired) electrons. The van der Waals surface area contributed by atoms with Gasteiger partial charge in [0.2, 0.25) is 0 Å². The summed E-state index contributed by atoms with van der Waals surface area (Å²) in [7, 11) is 3.81. The highest BCUT2D eigenvalue weighted by Gasteiger charge is 2.23. The lowest BCUT2D eigenvalue weighted by atomic mass is 10.0. The first kappa shape index (κ1) is 15.4. The predicted octanol–water partition coefficient (Wildman–Crippen LogP) is 2.08. The van der Waals surface area contributed by atoms with Crippen LogP contribution in [0, 0.1) is 0 Å². The van der Waals surface area contributed by atoms with Crippen LogP contribution in [0.25, 0.3) is 0 Å². The summed E-state index contributed by atoms with van der Waals surface area (Å²) < 4.78 is 1.83. The van der Waals surface area contributed by atoms with E-state index in [1.54, 1.807) is 0 Å². The van der Waals surface area contributed by atoms with Gasteiger partial charge in [-0.05, 0) is 13.1 Å². The summed E-state index contributed by atoms with van der Waals surface area (Å²) in [6.07, 6.45) is 1.85. The fraction of sp³-hybridized carbons (Fsp3) is 0.438. The van der Waals surface area contributed by atoms with Gasteiger partial charge in [-0.2, -0.15) is 4.58 Å². The van der Waals surface area contributed by atoms with Crippen molar-refractivity contribution in [3.8, 4) is 0 Å². The number of likely N-dealkylation sites (N-methyl/N-ethyl adjacent to an activating group) is 1. The Morgan fingerprint density at radius 1 is 1.26 bits per heavy atom. The molecule has 0 aliphatic rings. The molecule has 0 heterocycles. The van der Waals surface area contributed by atoms with E-state index < -0.39 is 0 Å². The molecule has 1 aromatic rings. The number of nitrogens with zero attached hydrogens (tertiary/aromatic N) is 2. The number of ketones is 1. The third-order valence-corrected chi connectivity index (χ3v) is 3.02. The molecule has 1 atom stereocenters. The van der Waals surface area contributed by atoms with Gasteiger partial charge in [-0.25, -0.2) is 0 Å². The number of carbonyl (C=O) groups excluding carboxylic acids is 1. The van der Waals surface area contributed by atoms with Crippen LogP contribution in [0.3, 0.4) is 0 Å². The van der Waals surface area contributed by atoms with E-state index in [0.29, 0.717) is 0 Å². The molecule has 1 rings (SSSR count). The molecule has 3 heteroatoms. The molecular weight excluding hydrogens is 236 g/mol. The van der Waals surface area contributed by atoms with E-state index in [0.717, 1.165) is 18.7 Å². The highest BCUT2D eigenvalue weighted by Crippen LogP contribution is 2.09. The third kappa shape index (κ3) is 4.47.